The average Bonchev–Trinajstić information content (AvgIpc) is 3.31. The van der Waals surface area contributed by atoms with Crippen molar-refractivity contribution in [2.75, 3.05) is 12.4 Å². The molecule has 0 saturated heterocycles. The van der Waals surface area contributed by atoms with Gasteiger partial charge in [-0.2, -0.15) is 5.10 Å². The third kappa shape index (κ3) is 3.38. The van der Waals surface area contributed by atoms with Gasteiger partial charge in [-0.05, 0) is 24.4 Å². The van der Waals surface area contributed by atoms with Crippen molar-refractivity contribution in [3.8, 4) is 11.3 Å². The summed E-state index contributed by atoms with van der Waals surface area (Å²) >= 11 is 1.21. The molecule has 4 rings (SSSR count). The number of ether oxygens (including phenoxy) is 1. The summed E-state index contributed by atoms with van der Waals surface area (Å²) in [5, 5.41) is 9.67. The van der Waals surface area contributed by atoms with E-state index in [4.69, 9.17) is 9.72 Å². The number of aromatic nitrogens is 3. The van der Waals surface area contributed by atoms with E-state index in [2.05, 4.69) is 10.4 Å². The van der Waals surface area contributed by atoms with E-state index in [0.29, 0.717) is 38.5 Å². The molecule has 3 aromatic heterocycles. The van der Waals surface area contributed by atoms with Gasteiger partial charge in [-0.15, -0.1) is 11.3 Å². The molecule has 0 atom stereocenters. The number of amides is 1. The van der Waals surface area contributed by atoms with Crippen molar-refractivity contribution < 1.29 is 14.3 Å². The molecule has 0 aliphatic heterocycles. The molecular weight excluding hydrogens is 388 g/mol. The van der Waals surface area contributed by atoms with Gasteiger partial charge < -0.3 is 10.1 Å². The van der Waals surface area contributed by atoms with E-state index in [9.17, 15) is 9.59 Å². The lowest BCUT2D eigenvalue weighted by Gasteiger charge is -2.10. The minimum Gasteiger partial charge on any atom is -0.465 e. The summed E-state index contributed by atoms with van der Waals surface area (Å²) in [6.07, 6.45) is 0. The minimum atomic E-state index is -0.488. The fourth-order valence-corrected chi connectivity index (χ4v) is 3.99. The quantitative estimate of drug-likeness (QED) is 0.517. The third-order valence-corrected chi connectivity index (χ3v) is 5.46. The number of fused-ring (bicyclic) bond motifs is 1. The maximum atomic E-state index is 13.2. The number of anilines is 1. The topological polar surface area (TPSA) is 86.1 Å². The van der Waals surface area contributed by atoms with Crippen LogP contribution in [0.1, 0.15) is 25.7 Å². The van der Waals surface area contributed by atoms with Crippen molar-refractivity contribution in [1.29, 1.82) is 0 Å². The molecule has 0 aliphatic rings. The summed E-state index contributed by atoms with van der Waals surface area (Å²) in [6.45, 7) is 1.84. The van der Waals surface area contributed by atoms with Gasteiger partial charge in [0.1, 0.15) is 4.88 Å². The molecule has 0 bridgehead atoms. The number of nitrogens with one attached hydrogen (secondary N) is 1. The Balaban J connectivity index is 1.83. The lowest BCUT2D eigenvalue weighted by Crippen LogP contribution is -2.15. The zero-order chi connectivity index (χ0) is 20.5. The van der Waals surface area contributed by atoms with Crippen LogP contribution >= 0.6 is 11.3 Å². The Labute approximate surface area is 171 Å². The van der Waals surface area contributed by atoms with Crippen molar-refractivity contribution in [2.45, 2.75) is 6.92 Å². The highest BCUT2D eigenvalue weighted by molar-refractivity contribution is 7.12. The molecule has 3 heterocycles. The fraction of sp³-hybridized carbons (Fsp3) is 0.143. The predicted octanol–water partition coefficient (Wildman–Crippen LogP) is 4.04. The molecule has 0 fully saturated rings. The maximum absolute atomic E-state index is 13.2. The molecular formula is C21H18N4O3S. The number of rotatable bonds is 4. The van der Waals surface area contributed by atoms with Gasteiger partial charge in [0.25, 0.3) is 5.91 Å². The molecule has 4 aromatic rings. The molecule has 1 aromatic carbocycles. The molecule has 1 amide bonds. The smallest absolute Gasteiger partial charge is 0.350 e. The predicted molar refractivity (Wildman–Crippen MR) is 112 cm³/mol. The second-order valence-corrected chi connectivity index (χ2v) is 7.35. The number of aryl methyl sites for hydroxylation is 2. The van der Waals surface area contributed by atoms with Gasteiger partial charge in [-0.1, -0.05) is 30.3 Å². The molecule has 8 heteroatoms. The lowest BCUT2D eigenvalue weighted by atomic mass is 10.0. The van der Waals surface area contributed by atoms with Crippen LogP contribution < -0.4 is 5.32 Å². The molecule has 0 unspecified atom stereocenters. The highest BCUT2D eigenvalue weighted by Gasteiger charge is 2.22. The molecule has 1 N–H and O–H groups in total. The van der Waals surface area contributed by atoms with Crippen molar-refractivity contribution in [3.63, 3.8) is 0 Å². The molecule has 29 heavy (non-hydrogen) atoms. The highest BCUT2D eigenvalue weighted by Crippen LogP contribution is 2.29. The molecule has 7 nitrogen and oxygen atoms in total. The Kier molecular flexibility index (Phi) is 4.85. The lowest BCUT2D eigenvalue weighted by molar-refractivity contribution is 0.0607. The van der Waals surface area contributed by atoms with E-state index in [1.54, 1.807) is 29.2 Å². The van der Waals surface area contributed by atoms with Crippen LogP contribution in [0.5, 0.6) is 0 Å². The second-order valence-electron chi connectivity index (χ2n) is 6.44. The van der Waals surface area contributed by atoms with E-state index < -0.39 is 5.97 Å². The number of methoxy groups -OCH3 is 1. The summed E-state index contributed by atoms with van der Waals surface area (Å²) in [5.41, 5.74) is 3.75. The molecule has 0 aliphatic carbocycles. The zero-order valence-electron chi connectivity index (χ0n) is 16.1. The first-order valence-electron chi connectivity index (χ1n) is 8.86. The third-order valence-electron chi connectivity index (χ3n) is 4.57. The van der Waals surface area contributed by atoms with E-state index >= 15 is 0 Å². The SMILES string of the molecule is COC(=O)c1sccc1NC(=O)c1cc(-c2ccccc2)nc2c1c(C)nn2C. The summed E-state index contributed by atoms with van der Waals surface area (Å²) < 4.78 is 6.45. The van der Waals surface area contributed by atoms with Crippen LogP contribution in [0.15, 0.2) is 47.8 Å². The molecule has 0 radical (unpaired) electrons. The average molecular weight is 406 g/mol. The van der Waals surface area contributed by atoms with E-state index in [1.807, 2.05) is 37.3 Å². The van der Waals surface area contributed by atoms with Crippen molar-refractivity contribution in [2.24, 2.45) is 7.05 Å². The normalized spacial score (nSPS) is 10.9. The maximum Gasteiger partial charge on any atom is 0.350 e. The summed E-state index contributed by atoms with van der Waals surface area (Å²) in [4.78, 5) is 30.2. The van der Waals surface area contributed by atoms with Crippen molar-refractivity contribution >= 4 is 39.9 Å². The van der Waals surface area contributed by atoms with Gasteiger partial charge in [0.15, 0.2) is 5.65 Å². The van der Waals surface area contributed by atoms with Gasteiger partial charge in [0, 0.05) is 12.6 Å². The molecule has 0 saturated carbocycles. The largest absolute Gasteiger partial charge is 0.465 e. The number of thiophene rings is 1. The number of carbonyl (C=O) groups is 2. The van der Waals surface area contributed by atoms with Crippen LogP contribution in [0, 0.1) is 6.92 Å². The number of nitrogens with zero attached hydrogens (tertiary/aromatic N) is 3. The Morgan fingerprint density at radius 2 is 1.93 bits per heavy atom. The van der Waals surface area contributed by atoms with Crippen LogP contribution in [0.2, 0.25) is 0 Å². The van der Waals surface area contributed by atoms with Gasteiger partial charge in [0.05, 0.1) is 35.1 Å². The van der Waals surface area contributed by atoms with E-state index in [1.165, 1.54) is 18.4 Å². The zero-order valence-corrected chi connectivity index (χ0v) is 16.9. The number of hydrogen-bond acceptors (Lipinski definition) is 6. The Morgan fingerprint density at radius 3 is 2.66 bits per heavy atom. The molecule has 0 spiro atoms. The van der Waals surface area contributed by atoms with Crippen LogP contribution in [-0.2, 0) is 11.8 Å². The van der Waals surface area contributed by atoms with Gasteiger partial charge in [0.2, 0.25) is 0 Å². The number of hydrogen-bond donors (Lipinski definition) is 1. The summed E-state index contributed by atoms with van der Waals surface area (Å²) in [7, 11) is 3.11. The summed E-state index contributed by atoms with van der Waals surface area (Å²) in [5.74, 6) is -0.827. The van der Waals surface area contributed by atoms with Crippen LogP contribution in [0.3, 0.4) is 0 Å². The molecule has 146 valence electrons. The Hall–Kier alpha value is -3.52. The first-order chi connectivity index (χ1) is 14.0. The highest BCUT2D eigenvalue weighted by atomic mass is 32.1. The van der Waals surface area contributed by atoms with Crippen LogP contribution in [0.25, 0.3) is 22.3 Å². The van der Waals surface area contributed by atoms with E-state index in [-0.39, 0.29) is 5.91 Å². The number of pyridine rings is 1. The fourth-order valence-electron chi connectivity index (χ4n) is 3.23. The number of benzene rings is 1. The second kappa shape index (κ2) is 7.48. The monoisotopic (exact) mass is 406 g/mol. The number of esters is 1. The van der Waals surface area contributed by atoms with E-state index in [0.717, 1.165) is 5.56 Å². The summed E-state index contributed by atoms with van der Waals surface area (Å²) in [6, 6.07) is 13.1. The van der Waals surface area contributed by atoms with Gasteiger partial charge in [-0.25, -0.2) is 9.78 Å². The first-order valence-corrected chi connectivity index (χ1v) is 9.74. The van der Waals surface area contributed by atoms with Crippen molar-refractivity contribution in [1.82, 2.24) is 14.8 Å². The number of carbonyl (C=O) groups excluding carboxylic acids is 2. The first kappa shape index (κ1) is 18.8. The standard InChI is InChI=1S/C21H18N4O3S/c1-12-17-14(20(26)23-15-9-10-29-18(15)21(27)28-3)11-16(13-7-5-4-6-8-13)22-19(17)25(2)24-12/h4-11H,1-3H3,(H,23,26). The Morgan fingerprint density at radius 1 is 1.17 bits per heavy atom. The van der Waals surface area contributed by atoms with Gasteiger partial charge >= 0.3 is 5.97 Å². The van der Waals surface area contributed by atoms with Crippen LogP contribution in [-0.4, -0.2) is 33.8 Å². The Bertz CT molecular complexity index is 1230. The minimum absolute atomic E-state index is 0.339. The van der Waals surface area contributed by atoms with Crippen LogP contribution in [0.4, 0.5) is 5.69 Å². The van der Waals surface area contributed by atoms with Gasteiger partial charge in [-0.3, -0.25) is 9.48 Å². The van der Waals surface area contributed by atoms with Crippen molar-refractivity contribution in [3.05, 3.63) is 64.0 Å².